The number of fused-ring (bicyclic) bond motifs is 3. The van der Waals surface area contributed by atoms with Crippen LogP contribution in [-0.2, 0) is 6.54 Å². The van der Waals surface area contributed by atoms with E-state index in [-0.39, 0.29) is 11.9 Å². The second kappa shape index (κ2) is 11.1. The predicted octanol–water partition coefficient (Wildman–Crippen LogP) is 4.76. The van der Waals surface area contributed by atoms with Crippen molar-refractivity contribution in [2.75, 3.05) is 53.0 Å². The van der Waals surface area contributed by atoms with Crippen molar-refractivity contribution in [3.05, 3.63) is 65.7 Å². The van der Waals surface area contributed by atoms with Crippen LogP contribution in [0.4, 0.5) is 5.69 Å². The normalized spacial score (nSPS) is 19.9. The molecule has 1 amide bonds. The highest BCUT2D eigenvalue weighted by Crippen LogP contribution is 2.37. The van der Waals surface area contributed by atoms with Crippen LogP contribution in [0.25, 0.3) is 10.8 Å². The fourth-order valence-corrected chi connectivity index (χ4v) is 5.85. The average molecular weight is 513 g/mol. The number of nitrogens with zero attached hydrogens (tertiary/aromatic N) is 4. The molecule has 198 valence electrons. The van der Waals surface area contributed by atoms with Gasteiger partial charge in [-0.3, -0.25) is 14.7 Å². The van der Waals surface area contributed by atoms with E-state index >= 15 is 0 Å². The lowest BCUT2D eigenvalue weighted by Crippen LogP contribution is -2.46. The number of aliphatic imine (C=N–C) groups is 1. The smallest absolute Gasteiger partial charge is 0.256 e. The summed E-state index contributed by atoms with van der Waals surface area (Å²) < 4.78 is 11.9. The van der Waals surface area contributed by atoms with Crippen molar-refractivity contribution < 1.29 is 14.3 Å². The molecule has 0 aliphatic carbocycles. The molecular formula is C31H36N4O3. The molecule has 3 aromatic carbocycles. The minimum absolute atomic E-state index is 0.0732. The Bertz CT molecular complexity index is 1320. The first-order valence-corrected chi connectivity index (χ1v) is 13.8. The third-order valence-electron chi connectivity index (χ3n) is 8.00. The Morgan fingerprint density at radius 1 is 0.921 bits per heavy atom. The first-order chi connectivity index (χ1) is 18.7. The fraction of sp³-hybridized carbons (Fsp3) is 0.419. The van der Waals surface area contributed by atoms with E-state index < -0.39 is 0 Å². The molecule has 0 unspecified atom stereocenters. The van der Waals surface area contributed by atoms with E-state index in [0.29, 0.717) is 17.9 Å². The van der Waals surface area contributed by atoms with Gasteiger partial charge in [0, 0.05) is 52.0 Å². The highest BCUT2D eigenvalue weighted by Gasteiger charge is 2.31. The molecular weight excluding hydrogens is 476 g/mol. The van der Waals surface area contributed by atoms with Gasteiger partial charge in [-0.25, -0.2) is 0 Å². The van der Waals surface area contributed by atoms with Crippen LogP contribution in [0.5, 0.6) is 11.5 Å². The summed E-state index contributed by atoms with van der Waals surface area (Å²) in [6.07, 6.45) is 4.90. The number of benzene rings is 3. The summed E-state index contributed by atoms with van der Waals surface area (Å²) in [4.78, 5) is 24.9. The minimum Gasteiger partial charge on any atom is -0.493 e. The van der Waals surface area contributed by atoms with Gasteiger partial charge in [-0.2, -0.15) is 0 Å². The number of carbonyl (C=O) groups is 1. The van der Waals surface area contributed by atoms with Gasteiger partial charge >= 0.3 is 0 Å². The van der Waals surface area contributed by atoms with Crippen LogP contribution in [0.15, 0.2) is 59.6 Å². The van der Waals surface area contributed by atoms with Gasteiger partial charge in [-0.05, 0) is 59.9 Å². The zero-order valence-electron chi connectivity index (χ0n) is 22.1. The lowest BCUT2D eigenvalue weighted by molar-refractivity contribution is 0.0775. The van der Waals surface area contributed by atoms with E-state index in [4.69, 9.17) is 9.47 Å². The van der Waals surface area contributed by atoms with Crippen molar-refractivity contribution in [1.82, 2.24) is 14.7 Å². The van der Waals surface area contributed by atoms with Gasteiger partial charge in [-0.15, -0.1) is 0 Å². The van der Waals surface area contributed by atoms with E-state index in [0.717, 1.165) is 87.3 Å². The van der Waals surface area contributed by atoms with Crippen molar-refractivity contribution in [3.8, 4) is 11.5 Å². The number of hydrogen-bond acceptors (Lipinski definition) is 6. The van der Waals surface area contributed by atoms with Crippen LogP contribution in [0.3, 0.4) is 0 Å². The molecule has 7 heteroatoms. The van der Waals surface area contributed by atoms with Crippen LogP contribution in [0.1, 0.15) is 35.2 Å². The number of amides is 1. The zero-order chi connectivity index (χ0) is 25.9. The maximum Gasteiger partial charge on any atom is 0.256 e. The third kappa shape index (κ3) is 5.26. The first kappa shape index (κ1) is 24.9. The largest absolute Gasteiger partial charge is 0.493 e. The molecule has 3 aliphatic heterocycles. The van der Waals surface area contributed by atoms with Crippen LogP contribution in [-0.4, -0.2) is 85.8 Å². The lowest BCUT2D eigenvalue weighted by Gasteiger charge is -2.34. The van der Waals surface area contributed by atoms with Crippen LogP contribution in [0.2, 0.25) is 0 Å². The van der Waals surface area contributed by atoms with Gasteiger partial charge in [0.1, 0.15) is 0 Å². The number of rotatable bonds is 8. The summed E-state index contributed by atoms with van der Waals surface area (Å²) >= 11 is 0. The summed E-state index contributed by atoms with van der Waals surface area (Å²) in [5.41, 5.74) is 2.78. The molecule has 0 saturated carbocycles. The quantitative estimate of drug-likeness (QED) is 0.408. The summed E-state index contributed by atoms with van der Waals surface area (Å²) in [5.74, 6) is 1.50. The summed E-state index contributed by atoms with van der Waals surface area (Å²) in [5, 5.41) is 1.96. The van der Waals surface area contributed by atoms with Gasteiger partial charge in [0.05, 0.1) is 31.0 Å². The Labute approximate surface area is 224 Å². The Balaban J connectivity index is 1.06. The molecule has 3 aromatic rings. The highest BCUT2D eigenvalue weighted by atomic mass is 16.5. The molecule has 0 aromatic heterocycles. The van der Waals surface area contributed by atoms with E-state index in [1.807, 2.05) is 35.4 Å². The number of carbonyl (C=O) groups excluding carboxylic acids is 1. The molecule has 0 bridgehead atoms. The van der Waals surface area contributed by atoms with E-state index in [1.54, 1.807) is 7.11 Å². The van der Waals surface area contributed by atoms with Gasteiger partial charge < -0.3 is 19.3 Å². The van der Waals surface area contributed by atoms with Crippen molar-refractivity contribution in [3.63, 3.8) is 0 Å². The first-order valence-electron chi connectivity index (χ1n) is 13.8. The van der Waals surface area contributed by atoms with Crippen molar-refractivity contribution >= 4 is 28.6 Å². The van der Waals surface area contributed by atoms with Crippen molar-refractivity contribution in [1.29, 1.82) is 0 Å². The van der Waals surface area contributed by atoms with Crippen LogP contribution >= 0.6 is 0 Å². The molecule has 2 fully saturated rings. The Kier molecular flexibility index (Phi) is 7.29. The molecule has 7 nitrogen and oxygen atoms in total. The highest BCUT2D eigenvalue weighted by molar-refractivity contribution is 6.07. The monoisotopic (exact) mass is 512 g/mol. The molecule has 3 heterocycles. The lowest BCUT2D eigenvalue weighted by atomic mass is 10.0. The molecule has 1 atom stereocenters. The van der Waals surface area contributed by atoms with Gasteiger partial charge in [-0.1, -0.05) is 30.3 Å². The van der Waals surface area contributed by atoms with E-state index in [1.165, 1.54) is 5.56 Å². The third-order valence-corrected chi connectivity index (χ3v) is 8.00. The van der Waals surface area contributed by atoms with Crippen LogP contribution < -0.4 is 9.47 Å². The minimum atomic E-state index is 0.0732. The second-order valence-electron chi connectivity index (χ2n) is 10.5. The second-order valence-corrected chi connectivity index (χ2v) is 10.5. The van der Waals surface area contributed by atoms with Crippen molar-refractivity contribution in [2.45, 2.75) is 31.8 Å². The maximum absolute atomic E-state index is 13.2. The molecule has 0 N–H and O–H groups in total. The van der Waals surface area contributed by atoms with Gasteiger partial charge in [0.15, 0.2) is 11.5 Å². The molecule has 38 heavy (non-hydrogen) atoms. The number of piperazine rings is 1. The topological polar surface area (TPSA) is 57.6 Å². The number of ether oxygens (including phenoxy) is 2. The molecule has 3 aliphatic rings. The fourth-order valence-electron chi connectivity index (χ4n) is 5.85. The summed E-state index contributed by atoms with van der Waals surface area (Å²) in [6, 6.07) is 18.8. The molecule has 2 saturated heterocycles. The Morgan fingerprint density at radius 3 is 2.50 bits per heavy atom. The van der Waals surface area contributed by atoms with Gasteiger partial charge in [0.25, 0.3) is 5.91 Å². The SMILES string of the molecule is COc1cc2cc3c(cc2cc1OCCCN1CCN(Cc2ccccc2)CC1)C(=O)N1CCC[C@H]1C=N3. The summed E-state index contributed by atoms with van der Waals surface area (Å²) in [7, 11) is 1.67. The average Bonchev–Trinajstić information content (AvgIpc) is 3.38. The van der Waals surface area contributed by atoms with Crippen LogP contribution in [0, 0.1) is 0 Å². The molecule has 6 rings (SSSR count). The maximum atomic E-state index is 13.2. The number of hydrogen-bond donors (Lipinski definition) is 0. The summed E-state index contributed by atoms with van der Waals surface area (Å²) in [6.45, 7) is 7.84. The van der Waals surface area contributed by atoms with Crippen molar-refractivity contribution in [2.24, 2.45) is 4.99 Å². The zero-order valence-corrected chi connectivity index (χ0v) is 22.1. The van der Waals surface area contributed by atoms with E-state index in [9.17, 15) is 4.79 Å². The Morgan fingerprint density at radius 2 is 1.68 bits per heavy atom. The predicted molar refractivity (Wildman–Crippen MR) is 151 cm³/mol. The molecule has 0 radical (unpaired) electrons. The Hall–Kier alpha value is -3.42. The number of methoxy groups -OCH3 is 1. The molecule has 0 spiro atoms. The standard InChI is InChI=1S/C31H36N4O3/c1-37-29-19-25-18-28-27(31(36)35-11-5-9-26(35)21-32-28)17-24(25)20-30(29)38-16-6-10-33-12-14-34(15-13-33)22-23-7-3-2-4-8-23/h2-4,7-8,17-21,26H,5-6,9-16,22H2,1H3/t26-/m0/s1. The van der Waals surface area contributed by atoms with E-state index in [2.05, 4.69) is 45.1 Å². The van der Waals surface area contributed by atoms with Gasteiger partial charge in [0.2, 0.25) is 0 Å².